The van der Waals surface area contributed by atoms with Crippen LogP contribution in [0.5, 0.6) is 0 Å². The molecule has 4 heteroatoms. The van der Waals surface area contributed by atoms with Crippen LogP contribution in [-0.2, 0) is 0 Å². The van der Waals surface area contributed by atoms with E-state index in [1.54, 1.807) is 6.20 Å². The zero-order chi connectivity index (χ0) is 13.2. The van der Waals surface area contributed by atoms with Crippen LogP contribution >= 0.6 is 0 Å². The fourth-order valence-corrected chi connectivity index (χ4v) is 2.29. The molecule has 0 spiro atoms. The maximum atomic E-state index is 12.2. The Labute approximate surface area is 112 Å². The fraction of sp³-hybridized carbons (Fsp3) is 0.333. The number of nitrogens with zero attached hydrogens (tertiary/aromatic N) is 1. The number of aromatic nitrogens is 1. The normalized spacial score (nSPS) is 14.5. The third-order valence-corrected chi connectivity index (χ3v) is 3.61. The van der Waals surface area contributed by atoms with E-state index in [0.717, 1.165) is 29.7 Å². The van der Waals surface area contributed by atoms with E-state index in [0.29, 0.717) is 11.4 Å². The monoisotopic (exact) mass is 255 g/mol. The molecule has 1 heterocycles. The molecule has 98 valence electrons. The van der Waals surface area contributed by atoms with Gasteiger partial charge in [-0.1, -0.05) is 37.1 Å². The van der Waals surface area contributed by atoms with Crippen molar-refractivity contribution >= 4 is 22.5 Å². The van der Waals surface area contributed by atoms with Gasteiger partial charge in [-0.25, -0.2) is 4.98 Å². The van der Waals surface area contributed by atoms with Gasteiger partial charge in [-0.2, -0.15) is 0 Å². The molecule has 1 aromatic carbocycles. The van der Waals surface area contributed by atoms with Gasteiger partial charge in [0.05, 0.1) is 5.56 Å². The Morgan fingerprint density at radius 3 is 2.79 bits per heavy atom. The van der Waals surface area contributed by atoms with Crippen molar-refractivity contribution in [3.8, 4) is 0 Å². The summed E-state index contributed by atoms with van der Waals surface area (Å²) in [5, 5.41) is 4.65. The molecule has 0 unspecified atom stereocenters. The van der Waals surface area contributed by atoms with Crippen LogP contribution in [0.2, 0.25) is 0 Å². The number of nitrogens with two attached hydrogens (primary N) is 1. The van der Waals surface area contributed by atoms with E-state index in [9.17, 15) is 4.79 Å². The first-order valence-corrected chi connectivity index (χ1v) is 6.67. The van der Waals surface area contributed by atoms with Crippen molar-refractivity contribution in [2.45, 2.75) is 19.3 Å². The largest absolute Gasteiger partial charge is 0.383 e. The van der Waals surface area contributed by atoms with Gasteiger partial charge in [0, 0.05) is 18.1 Å². The summed E-state index contributed by atoms with van der Waals surface area (Å²) in [6.07, 6.45) is 5.25. The van der Waals surface area contributed by atoms with Crippen LogP contribution < -0.4 is 11.1 Å². The van der Waals surface area contributed by atoms with Gasteiger partial charge < -0.3 is 11.1 Å². The lowest BCUT2D eigenvalue weighted by molar-refractivity contribution is 0.0954. The first kappa shape index (κ1) is 12.0. The molecule has 19 heavy (non-hydrogen) atoms. The Morgan fingerprint density at radius 1 is 1.32 bits per heavy atom. The average Bonchev–Trinajstić information content (AvgIpc) is 3.23. The van der Waals surface area contributed by atoms with Gasteiger partial charge in [0.1, 0.15) is 5.82 Å². The Bertz CT molecular complexity index is 620. The summed E-state index contributed by atoms with van der Waals surface area (Å²) in [5.41, 5.74) is 6.43. The Hall–Kier alpha value is -2.10. The molecule has 1 saturated carbocycles. The number of hydrogen-bond acceptors (Lipinski definition) is 3. The maximum Gasteiger partial charge on any atom is 0.253 e. The molecule has 3 rings (SSSR count). The van der Waals surface area contributed by atoms with Crippen LogP contribution in [0, 0.1) is 5.92 Å². The highest BCUT2D eigenvalue weighted by molar-refractivity contribution is 6.08. The number of carbonyl (C=O) groups excluding carboxylic acids is 1. The van der Waals surface area contributed by atoms with Gasteiger partial charge in [-0.3, -0.25) is 4.79 Å². The van der Waals surface area contributed by atoms with E-state index >= 15 is 0 Å². The topological polar surface area (TPSA) is 68.0 Å². The number of fused-ring (bicyclic) bond motifs is 1. The quantitative estimate of drug-likeness (QED) is 0.881. The number of carbonyl (C=O) groups is 1. The van der Waals surface area contributed by atoms with Crippen LogP contribution in [0.1, 0.15) is 29.6 Å². The zero-order valence-corrected chi connectivity index (χ0v) is 10.7. The summed E-state index contributed by atoms with van der Waals surface area (Å²) in [6.45, 7) is 0.738. The van der Waals surface area contributed by atoms with Gasteiger partial charge in [0.25, 0.3) is 5.91 Å². The Kier molecular flexibility index (Phi) is 3.07. The predicted molar refractivity (Wildman–Crippen MR) is 75.8 cm³/mol. The molecule has 1 amide bonds. The second kappa shape index (κ2) is 4.88. The highest BCUT2D eigenvalue weighted by Gasteiger charge is 2.21. The minimum absolute atomic E-state index is 0.0654. The lowest BCUT2D eigenvalue weighted by Crippen LogP contribution is -2.25. The fourth-order valence-electron chi connectivity index (χ4n) is 2.29. The van der Waals surface area contributed by atoms with E-state index in [4.69, 9.17) is 5.73 Å². The molecule has 0 aliphatic heterocycles. The average molecular weight is 255 g/mol. The number of anilines is 1. The molecule has 1 fully saturated rings. The molecule has 0 radical (unpaired) electrons. The maximum absolute atomic E-state index is 12.2. The first-order valence-electron chi connectivity index (χ1n) is 6.67. The minimum atomic E-state index is -0.0654. The molecule has 0 saturated heterocycles. The second-order valence-corrected chi connectivity index (χ2v) is 5.09. The van der Waals surface area contributed by atoms with Crippen molar-refractivity contribution in [1.82, 2.24) is 10.3 Å². The summed E-state index contributed by atoms with van der Waals surface area (Å²) >= 11 is 0. The third kappa shape index (κ3) is 2.52. The van der Waals surface area contributed by atoms with Crippen LogP contribution in [0.3, 0.4) is 0 Å². The molecule has 4 nitrogen and oxygen atoms in total. The SMILES string of the molecule is Nc1ncc(C(=O)NCCC2CC2)c2ccccc12. The van der Waals surface area contributed by atoms with Crippen LogP contribution in [0.25, 0.3) is 10.8 Å². The number of benzene rings is 1. The zero-order valence-electron chi connectivity index (χ0n) is 10.7. The molecule has 0 atom stereocenters. The van der Waals surface area contributed by atoms with Crippen molar-refractivity contribution in [2.24, 2.45) is 5.92 Å². The highest BCUT2D eigenvalue weighted by Crippen LogP contribution is 2.31. The smallest absolute Gasteiger partial charge is 0.253 e. The van der Waals surface area contributed by atoms with Crippen LogP contribution in [-0.4, -0.2) is 17.4 Å². The van der Waals surface area contributed by atoms with Crippen molar-refractivity contribution in [3.63, 3.8) is 0 Å². The predicted octanol–water partition coefficient (Wildman–Crippen LogP) is 2.35. The number of hydrogen-bond donors (Lipinski definition) is 2. The van der Waals surface area contributed by atoms with Gasteiger partial charge in [0.15, 0.2) is 0 Å². The summed E-state index contributed by atoms with van der Waals surface area (Å²) in [6, 6.07) is 7.60. The van der Waals surface area contributed by atoms with E-state index in [1.807, 2.05) is 24.3 Å². The first-order chi connectivity index (χ1) is 9.25. The lowest BCUT2D eigenvalue weighted by atomic mass is 10.1. The van der Waals surface area contributed by atoms with Crippen LogP contribution in [0.15, 0.2) is 30.5 Å². The van der Waals surface area contributed by atoms with Crippen LogP contribution in [0.4, 0.5) is 5.82 Å². The minimum Gasteiger partial charge on any atom is -0.383 e. The van der Waals surface area contributed by atoms with Gasteiger partial charge in [0.2, 0.25) is 0 Å². The molecule has 1 aromatic heterocycles. The van der Waals surface area contributed by atoms with Gasteiger partial charge in [-0.05, 0) is 17.7 Å². The van der Waals surface area contributed by atoms with Crippen molar-refractivity contribution < 1.29 is 4.79 Å². The van der Waals surface area contributed by atoms with Gasteiger partial charge >= 0.3 is 0 Å². The number of pyridine rings is 1. The second-order valence-electron chi connectivity index (χ2n) is 5.09. The summed E-state index contributed by atoms with van der Waals surface area (Å²) in [5.74, 6) is 1.22. The Morgan fingerprint density at radius 2 is 2.05 bits per heavy atom. The molecule has 3 N–H and O–H groups in total. The van der Waals surface area contributed by atoms with Crippen molar-refractivity contribution in [2.75, 3.05) is 12.3 Å². The molecule has 1 aliphatic carbocycles. The molecule has 1 aliphatic rings. The molecule has 2 aromatic rings. The molecule has 0 bridgehead atoms. The Balaban J connectivity index is 1.82. The van der Waals surface area contributed by atoms with Crippen molar-refractivity contribution in [1.29, 1.82) is 0 Å². The summed E-state index contributed by atoms with van der Waals surface area (Å²) < 4.78 is 0. The number of amides is 1. The molecular formula is C15H17N3O. The summed E-state index contributed by atoms with van der Waals surface area (Å²) in [7, 11) is 0. The molecular weight excluding hydrogens is 238 g/mol. The number of nitrogens with one attached hydrogen (secondary N) is 1. The van der Waals surface area contributed by atoms with Gasteiger partial charge in [-0.15, -0.1) is 0 Å². The van der Waals surface area contributed by atoms with Crippen molar-refractivity contribution in [3.05, 3.63) is 36.0 Å². The lowest BCUT2D eigenvalue weighted by Gasteiger charge is -2.08. The third-order valence-electron chi connectivity index (χ3n) is 3.61. The highest BCUT2D eigenvalue weighted by atomic mass is 16.1. The van der Waals surface area contributed by atoms with E-state index < -0.39 is 0 Å². The van der Waals surface area contributed by atoms with E-state index in [2.05, 4.69) is 10.3 Å². The van der Waals surface area contributed by atoms with E-state index in [-0.39, 0.29) is 5.91 Å². The summed E-state index contributed by atoms with van der Waals surface area (Å²) in [4.78, 5) is 16.3. The number of nitrogen functional groups attached to an aromatic ring is 1. The number of rotatable bonds is 4. The van der Waals surface area contributed by atoms with E-state index in [1.165, 1.54) is 12.8 Å². The standard InChI is InChI=1S/C15H17N3O/c16-14-12-4-2-1-3-11(12)13(9-18-14)15(19)17-8-7-10-5-6-10/h1-4,9-10H,5-8H2,(H2,16,18)(H,17,19).